The minimum Gasteiger partial charge on any atom is -0.371 e. The largest absolute Gasteiger partial charge is 0.416 e. The number of hydrogen-bond donors (Lipinski definition) is 0. The van der Waals surface area contributed by atoms with Crippen LogP contribution in [0.3, 0.4) is 0 Å². The molecule has 1 saturated heterocycles. The van der Waals surface area contributed by atoms with Crippen molar-refractivity contribution in [2.24, 2.45) is 0 Å². The van der Waals surface area contributed by atoms with Crippen molar-refractivity contribution < 1.29 is 21.6 Å². The maximum Gasteiger partial charge on any atom is 0.416 e. The van der Waals surface area contributed by atoms with E-state index in [1.54, 1.807) is 30.3 Å². The third-order valence-electron chi connectivity index (χ3n) is 4.87. The number of aryl methyl sites for hydroxylation is 1. The quantitative estimate of drug-likeness (QED) is 0.755. The smallest absolute Gasteiger partial charge is 0.371 e. The maximum atomic E-state index is 13.0. The van der Waals surface area contributed by atoms with Crippen LogP contribution in [0, 0.1) is 6.92 Å². The highest BCUT2D eigenvalue weighted by Gasteiger charge is 2.31. The zero-order valence-corrected chi connectivity index (χ0v) is 16.4. The van der Waals surface area contributed by atoms with E-state index in [9.17, 15) is 21.6 Å². The molecule has 0 radical (unpaired) electrons. The van der Waals surface area contributed by atoms with Gasteiger partial charge in [0.05, 0.1) is 10.5 Å². The van der Waals surface area contributed by atoms with Gasteiger partial charge in [-0.15, -0.1) is 0 Å². The highest BCUT2D eigenvalue weighted by atomic mass is 32.2. The summed E-state index contributed by atoms with van der Waals surface area (Å²) in [5.74, 6) is 0. The van der Waals surface area contributed by atoms with Crippen LogP contribution in [0.25, 0.3) is 0 Å². The fourth-order valence-corrected chi connectivity index (χ4v) is 4.85. The van der Waals surface area contributed by atoms with E-state index >= 15 is 0 Å². The van der Waals surface area contributed by atoms with Crippen molar-refractivity contribution in [1.29, 1.82) is 0 Å². The van der Waals surface area contributed by atoms with Crippen LogP contribution < -0.4 is 4.90 Å². The van der Waals surface area contributed by atoms with E-state index in [1.807, 2.05) is 11.8 Å². The molecule has 0 saturated carbocycles. The molecule has 0 atom stereocenters. The molecular formula is C20H23F3N2O2S. The third kappa shape index (κ3) is 4.67. The zero-order chi connectivity index (χ0) is 20.4. The molecule has 1 aliphatic heterocycles. The standard InChI is InChI=1S/C20H23F3N2O2S/c1-16-7-9-19(10-8-16)28(26,27)25-13-3-11-24(12-4-14-25)18-6-2-5-17(15-18)20(21,22)23/h2,5-10,15H,3-4,11-14H2,1H3. The van der Waals surface area contributed by atoms with E-state index < -0.39 is 21.8 Å². The van der Waals surface area contributed by atoms with Crippen LogP contribution in [0.15, 0.2) is 53.4 Å². The number of rotatable bonds is 3. The van der Waals surface area contributed by atoms with Gasteiger partial charge in [-0.1, -0.05) is 23.8 Å². The Kier molecular flexibility index (Phi) is 6.00. The van der Waals surface area contributed by atoms with Crippen LogP contribution >= 0.6 is 0 Å². The van der Waals surface area contributed by atoms with Gasteiger partial charge in [0.15, 0.2) is 0 Å². The second-order valence-corrected chi connectivity index (χ2v) is 8.90. The Morgan fingerprint density at radius 3 is 2.07 bits per heavy atom. The Labute approximate surface area is 163 Å². The second-order valence-electron chi connectivity index (χ2n) is 6.96. The van der Waals surface area contributed by atoms with E-state index in [-0.39, 0.29) is 4.90 Å². The first-order valence-electron chi connectivity index (χ1n) is 9.17. The molecule has 1 heterocycles. The Bertz CT molecular complexity index is 902. The molecular weight excluding hydrogens is 389 g/mol. The second kappa shape index (κ2) is 8.13. The van der Waals surface area contributed by atoms with E-state index in [2.05, 4.69) is 0 Å². The minimum atomic E-state index is -4.38. The van der Waals surface area contributed by atoms with Crippen LogP contribution in [0.4, 0.5) is 18.9 Å². The summed E-state index contributed by atoms with van der Waals surface area (Å²) in [4.78, 5) is 2.17. The normalized spacial score (nSPS) is 17.2. The fraction of sp³-hybridized carbons (Fsp3) is 0.400. The van der Waals surface area contributed by atoms with Gasteiger partial charge in [0.1, 0.15) is 0 Å². The first-order valence-corrected chi connectivity index (χ1v) is 10.6. The van der Waals surface area contributed by atoms with Gasteiger partial charge in [-0.05, 0) is 50.1 Å². The fourth-order valence-electron chi connectivity index (χ4n) is 3.34. The average Bonchev–Trinajstić information content (AvgIpc) is 2.61. The van der Waals surface area contributed by atoms with Crippen molar-refractivity contribution in [3.63, 3.8) is 0 Å². The van der Waals surface area contributed by atoms with E-state index in [0.29, 0.717) is 44.7 Å². The number of hydrogen-bond acceptors (Lipinski definition) is 3. The molecule has 28 heavy (non-hydrogen) atoms. The lowest BCUT2D eigenvalue weighted by Gasteiger charge is -2.31. The topological polar surface area (TPSA) is 40.6 Å². The molecule has 1 aliphatic rings. The van der Waals surface area contributed by atoms with Gasteiger partial charge < -0.3 is 4.90 Å². The molecule has 0 aliphatic carbocycles. The zero-order valence-electron chi connectivity index (χ0n) is 15.6. The first kappa shape index (κ1) is 20.7. The Hall–Kier alpha value is -2.06. The molecule has 152 valence electrons. The van der Waals surface area contributed by atoms with E-state index in [1.165, 1.54) is 10.4 Å². The summed E-state index contributed by atoms with van der Waals surface area (Å²) in [5, 5.41) is 0. The highest BCUT2D eigenvalue weighted by Crippen LogP contribution is 2.32. The van der Waals surface area contributed by atoms with Crippen molar-refractivity contribution in [3.05, 3.63) is 59.7 Å². The average molecular weight is 412 g/mol. The first-order chi connectivity index (χ1) is 13.2. The van der Waals surface area contributed by atoms with Crippen molar-refractivity contribution in [3.8, 4) is 0 Å². The number of benzene rings is 2. The summed E-state index contributed by atoms with van der Waals surface area (Å²) in [5.41, 5.74) is 0.837. The lowest BCUT2D eigenvalue weighted by molar-refractivity contribution is -0.137. The van der Waals surface area contributed by atoms with Crippen LogP contribution in [0.2, 0.25) is 0 Å². The van der Waals surface area contributed by atoms with E-state index in [4.69, 9.17) is 0 Å². The predicted molar refractivity (Wildman–Crippen MR) is 103 cm³/mol. The SMILES string of the molecule is Cc1ccc(S(=O)(=O)N2CCCN(c3cccc(C(F)(F)F)c3)CCC2)cc1. The molecule has 0 bridgehead atoms. The third-order valence-corrected chi connectivity index (χ3v) is 6.78. The number of anilines is 1. The molecule has 2 aromatic rings. The van der Waals surface area contributed by atoms with Gasteiger partial charge in [0, 0.05) is 31.9 Å². The van der Waals surface area contributed by atoms with Gasteiger partial charge in [-0.2, -0.15) is 17.5 Å². The lowest BCUT2D eigenvalue weighted by Crippen LogP contribution is -2.39. The van der Waals surface area contributed by atoms with Crippen LogP contribution in [0.1, 0.15) is 24.0 Å². The van der Waals surface area contributed by atoms with Crippen LogP contribution in [-0.2, 0) is 16.2 Å². The summed E-state index contributed by atoms with van der Waals surface area (Å²) >= 11 is 0. The summed E-state index contributed by atoms with van der Waals surface area (Å²) < 4.78 is 66.1. The molecule has 8 heteroatoms. The Balaban J connectivity index is 1.70. The van der Waals surface area contributed by atoms with E-state index in [0.717, 1.165) is 17.7 Å². The van der Waals surface area contributed by atoms with Crippen LogP contribution in [-0.4, -0.2) is 38.9 Å². The molecule has 0 unspecified atom stereocenters. The van der Waals surface area contributed by atoms with Gasteiger partial charge >= 0.3 is 6.18 Å². The van der Waals surface area contributed by atoms with Crippen molar-refractivity contribution in [1.82, 2.24) is 4.31 Å². The molecule has 0 amide bonds. The minimum absolute atomic E-state index is 0.272. The van der Waals surface area contributed by atoms with Gasteiger partial charge in [0.25, 0.3) is 0 Å². The molecule has 0 N–H and O–H groups in total. The molecule has 2 aromatic carbocycles. The van der Waals surface area contributed by atoms with Crippen molar-refractivity contribution in [2.75, 3.05) is 31.1 Å². The molecule has 4 nitrogen and oxygen atoms in total. The molecule has 1 fully saturated rings. The number of sulfonamides is 1. The monoisotopic (exact) mass is 412 g/mol. The van der Waals surface area contributed by atoms with Gasteiger partial charge in [-0.3, -0.25) is 0 Å². The predicted octanol–water partition coefficient (Wildman–Crippen LogP) is 4.30. The Morgan fingerprint density at radius 2 is 1.50 bits per heavy atom. The summed E-state index contributed by atoms with van der Waals surface area (Å²) in [6, 6.07) is 12.0. The summed E-state index contributed by atoms with van der Waals surface area (Å²) in [6.07, 6.45) is -3.29. The summed E-state index contributed by atoms with van der Waals surface area (Å²) in [7, 11) is -3.56. The number of alkyl halides is 3. The maximum absolute atomic E-state index is 13.0. The lowest BCUT2D eigenvalue weighted by atomic mass is 10.1. The molecule has 0 aromatic heterocycles. The van der Waals surface area contributed by atoms with Gasteiger partial charge in [0.2, 0.25) is 10.0 Å². The molecule has 3 rings (SSSR count). The van der Waals surface area contributed by atoms with Crippen LogP contribution in [0.5, 0.6) is 0 Å². The number of halogens is 3. The molecule has 0 spiro atoms. The highest BCUT2D eigenvalue weighted by molar-refractivity contribution is 7.89. The summed E-state index contributed by atoms with van der Waals surface area (Å²) in [6.45, 7) is 3.58. The van der Waals surface area contributed by atoms with Crippen molar-refractivity contribution in [2.45, 2.75) is 30.8 Å². The van der Waals surface area contributed by atoms with Gasteiger partial charge in [-0.25, -0.2) is 8.42 Å². The number of nitrogens with zero attached hydrogens (tertiary/aromatic N) is 2. The van der Waals surface area contributed by atoms with Crippen molar-refractivity contribution >= 4 is 15.7 Å². The Morgan fingerprint density at radius 1 is 0.893 bits per heavy atom.